The van der Waals surface area contributed by atoms with Gasteiger partial charge in [0.1, 0.15) is 11.3 Å². The summed E-state index contributed by atoms with van der Waals surface area (Å²) in [5.74, 6) is -0.984. The zero-order chi connectivity index (χ0) is 10.8. The summed E-state index contributed by atoms with van der Waals surface area (Å²) in [6, 6.07) is 3.16. The fourth-order valence-corrected chi connectivity index (χ4v) is 1.20. The van der Waals surface area contributed by atoms with Crippen molar-refractivity contribution in [2.75, 3.05) is 0 Å². The molecule has 0 saturated heterocycles. The molecule has 0 aliphatic heterocycles. The van der Waals surface area contributed by atoms with E-state index in [1.165, 1.54) is 6.20 Å². The van der Waals surface area contributed by atoms with Gasteiger partial charge in [-0.2, -0.15) is 0 Å². The van der Waals surface area contributed by atoms with Crippen molar-refractivity contribution in [3.05, 3.63) is 35.1 Å². The predicted octanol–water partition coefficient (Wildman–Crippen LogP) is 2.09. The summed E-state index contributed by atoms with van der Waals surface area (Å²) in [5, 5.41) is 12.7. The first-order valence-electron chi connectivity index (χ1n) is 3.98. The Morgan fingerprint density at radius 1 is 1.40 bits per heavy atom. The Kier molecular flexibility index (Phi) is 2.39. The van der Waals surface area contributed by atoms with Crippen LogP contribution in [0.4, 0.5) is 0 Å². The van der Waals surface area contributed by atoms with Gasteiger partial charge in [-0.3, -0.25) is 4.98 Å². The molecule has 0 spiro atoms. The van der Waals surface area contributed by atoms with Gasteiger partial charge in [-0.1, -0.05) is 16.8 Å². The zero-order valence-electron chi connectivity index (χ0n) is 7.35. The Hall–Kier alpha value is -1.88. The van der Waals surface area contributed by atoms with Gasteiger partial charge in [0.05, 0.1) is 11.2 Å². The first kappa shape index (κ1) is 9.67. The molecule has 0 radical (unpaired) electrons. The number of halogens is 1. The van der Waals surface area contributed by atoms with E-state index in [1.807, 2.05) is 0 Å². The first-order chi connectivity index (χ1) is 7.18. The number of pyridine rings is 1. The summed E-state index contributed by atoms with van der Waals surface area (Å²) in [7, 11) is 0. The smallest absolute Gasteiger partial charge is 0.341 e. The van der Waals surface area contributed by atoms with Gasteiger partial charge < -0.3 is 9.63 Å². The molecular formula is C9H5ClN2O3. The summed E-state index contributed by atoms with van der Waals surface area (Å²) in [6.07, 6.45) is 2.54. The largest absolute Gasteiger partial charge is 0.477 e. The molecule has 0 amide bonds. The fourth-order valence-electron chi connectivity index (χ4n) is 1.09. The van der Waals surface area contributed by atoms with Crippen molar-refractivity contribution in [2.24, 2.45) is 0 Å². The Morgan fingerprint density at radius 3 is 2.80 bits per heavy atom. The predicted molar refractivity (Wildman–Crippen MR) is 51.7 cm³/mol. The summed E-state index contributed by atoms with van der Waals surface area (Å²) in [4.78, 5) is 14.7. The Bertz CT molecular complexity index is 492. The standard InChI is InChI=1S/C9H5ClN2O3/c10-5-1-2-7(11-3-5)8-6(9(13)14)4-12-15-8/h1-4H,(H,13,14). The van der Waals surface area contributed by atoms with Crippen molar-refractivity contribution in [2.45, 2.75) is 0 Å². The Balaban J connectivity index is 2.49. The van der Waals surface area contributed by atoms with E-state index in [1.54, 1.807) is 12.1 Å². The van der Waals surface area contributed by atoms with Gasteiger partial charge in [0.25, 0.3) is 0 Å². The Labute approximate surface area is 89.3 Å². The van der Waals surface area contributed by atoms with E-state index in [4.69, 9.17) is 21.2 Å². The van der Waals surface area contributed by atoms with E-state index < -0.39 is 5.97 Å². The third-order valence-corrected chi connectivity index (χ3v) is 1.98. The highest BCUT2D eigenvalue weighted by atomic mass is 35.5. The second-order valence-corrected chi connectivity index (χ2v) is 3.17. The number of hydrogen-bond donors (Lipinski definition) is 1. The number of rotatable bonds is 2. The molecule has 2 aromatic rings. The molecule has 0 atom stereocenters. The minimum Gasteiger partial charge on any atom is -0.477 e. The van der Waals surface area contributed by atoms with E-state index in [9.17, 15) is 4.79 Å². The van der Waals surface area contributed by atoms with Crippen LogP contribution in [-0.4, -0.2) is 21.2 Å². The monoisotopic (exact) mass is 224 g/mol. The van der Waals surface area contributed by atoms with Gasteiger partial charge in [0, 0.05) is 6.20 Å². The summed E-state index contributed by atoms with van der Waals surface area (Å²) >= 11 is 5.65. The van der Waals surface area contributed by atoms with Gasteiger partial charge in [-0.05, 0) is 12.1 Å². The second kappa shape index (κ2) is 3.70. The molecule has 0 fully saturated rings. The van der Waals surface area contributed by atoms with Crippen molar-refractivity contribution >= 4 is 17.6 Å². The van der Waals surface area contributed by atoms with Crippen molar-refractivity contribution in [3.63, 3.8) is 0 Å². The van der Waals surface area contributed by atoms with Crippen molar-refractivity contribution in [1.82, 2.24) is 10.1 Å². The number of carboxylic acid groups (broad SMARTS) is 1. The molecule has 0 unspecified atom stereocenters. The van der Waals surface area contributed by atoms with Crippen molar-refractivity contribution in [3.8, 4) is 11.5 Å². The minimum atomic E-state index is -1.11. The van der Waals surface area contributed by atoms with Crippen LogP contribution in [0.3, 0.4) is 0 Å². The minimum absolute atomic E-state index is 0.0233. The molecule has 0 aromatic carbocycles. The number of carbonyl (C=O) groups is 1. The highest BCUT2D eigenvalue weighted by Crippen LogP contribution is 2.22. The maximum Gasteiger partial charge on any atom is 0.341 e. The number of carboxylic acids is 1. The third-order valence-electron chi connectivity index (χ3n) is 1.76. The van der Waals surface area contributed by atoms with Crippen LogP contribution < -0.4 is 0 Å². The van der Waals surface area contributed by atoms with Crippen LogP contribution in [0.25, 0.3) is 11.5 Å². The first-order valence-corrected chi connectivity index (χ1v) is 4.36. The lowest BCUT2D eigenvalue weighted by Crippen LogP contribution is -1.96. The SMILES string of the molecule is O=C(O)c1cnoc1-c1ccc(Cl)cn1. The highest BCUT2D eigenvalue weighted by Gasteiger charge is 2.17. The normalized spacial score (nSPS) is 10.2. The molecule has 0 bridgehead atoms. The molecule has 0 saturated carbocycles. The average molecular weight is 225 g/mol. The van der Waals surface area contributed by atoms with E-state index in [-0.39, 0.29) is 11.3 Å². The molecule has 2 heterocycles. The molecule has 6 heteroatoms. The van der Waals surface area contributed by atoms with E-state index in [0.717, 1.165) is 6.20 Å². The lowest BCUT2D eigenvalue weighted by molar-refractivity contribution is 0.0697. The molecule has 1 N–H and O–H groups in total. The van der Waals surface area contributed by atoms with E-state index in [0.29, 0.717) is 10.7 Å². The van der Waals surface area contributed by atoms with Crippen LogP contribution in [0.2, 0.25) is 5.02 Å². The summed E-state index contributed by atoms with van der Waals surface area (Å²) in [6.45, 7) is 0. The number of nitrogens with zero attached hydrogens (tertiary/aromatic N) is 2. The average Bonchev–Trinajstić information content (AvgIpc) is 2.67. The fraction of sp³-hybridized carbons (Fsp3) is 0. The molecule has 2 aromatic heterocycles. The summed E-state index contributed by atoms with van der Waals surface area (Å²) in [5.41, 5.74) is 0.360. The lowest BCUT2D eigenvalue weighted by atomic mass is 10.2. The Morgan fingerprint density at radius 2 is 2.20 bits per heavy atom. The van der Waals surface area contributed by atoms with Crippen LogP contribution in [0, 0.1) is 0 Å². The molecule has 76 valence electrons. The van der Waals surface area contributed by atoms with E-state index >= 15 is 0 Å². The second-order valence-electron chi connectivity index (χ2n) is 2.74. The number of aromatic nitrogens is 2. The third kappa shape index (κ3) is 1.82. The van der Waals surface area contributed by atoms with Crippen molar-refractivity contribution < 1.29 is 14.4 Å². The van der Waals surface area contributed by atoms with Crippen LogP contribution in [0.15, 0.2) is 29.0 Å². The molecular weight excluding hydrogens is 220 g/mol. The zero-order valence-corrected chi connectivity index (χ0v) is 8.10. The van der Waals surface area contributed by atoms with Crippen LogP contribution in [-0.2, 0) is 0 Å². The van der Waals surface area contributed by atoms with Gasteiger partial charge >= 0.3 is 5.97 Å². The molecule has 2 rings (SSSR count). The summed E-state index contributed by atoms with van der Waals surface area (Å²) < 4.78 is 4.82. The molecule has 0 aliphatic rings. The van der Waals surface area contributed by atoms with Crippen LogP contribution in [0.5, 0.6) is 0 Å². The lowest BCUT2D eigenvalue weighted by Gasteiger charge is -1.96. The quantitative estimate of drug-likeness (QED) is 0.845. The number of hydrogen-bond acceptors (Lipinski definition) is 4. The van der Waals surface area contributed by atoms with Crippen LogP contribution in [0.1, 0.15) is 10.4 Å². The maximum atomic E-state index is 10.8. The molecule has 5 nitrogen and oxygen atoms in total. The highest BCUT2D eigenvalue weighted by molar-refractivity contribution is 6.30. The number of aromatic carboxylic acids is 1. The van der Waals surface area contributed by atoms with Gasteiger partial charge in [0.15, 0.2) is 5.76 Å². The molecule has 15 heavy (non-hydrogen) atoms. The van der Waals surface area contributed by atoms with E-state index in [2.05, 4.69) is 10.1 Å². The van der Waals surface area contributed by atoms with Crippen molar-refractivity contribution in [1.29, 1.82) is 0 Å². The van der Waals surface area contributed by atoms with Crippen LogP contribution >= 0.6 is 11.6 Å². The van der Waals surface area contributed by atoms with Gasteiger partial charge in [-0.15, -0.1) is 0 Å². The maximum absolute atomic E-state index is 10.8. The van der Waals surface area contributed by atoms with Gasteiger partial charge in [0.2, 0.25) is 0 Å². The molecule has 0 aliphatic carbocycles. The topological polar surface area (TPSA) is 76.2 Å². The van der Waals surface area contributed by atoms with Gasteiger partial charge in [-0.25, -0.2) is 4.79 Å².